The Balaban J connectivity index is 2.14. The summed E-state index contributed by atoms with van der Waals surface area (Å²) < 4.78 is 0. The smallest absolute Gasteiger partial charge is 0.255 e. The molecule has 18 heavy (non-hydrogen) atoms. The van der Waals surface area contributed by atoms with Crippen molar-refractivity contribution in [2.45, 2.75) is 0 Å². The van der Waals surface area contributed by atoms with Crippen molar-refractivity contribution in [1.82, 2.24) is 0 Å². The normalized spacial score (nSPS) is 9.56. The number of amides is 1. The maximum Gasteiger partial charge on any atom is 0.255 e. The van der Waals surface area contributed by atoms with Crippen LogP contribution in [0.25, 0.3) is 0 Å². The Labute approximate surface area is 111 Å². The summed E-state index contributed by atoms with van der Waals surface area (Å²) in [6.45, 7) is 0. The summed E-state index contributed by atoms with van der Waals surface area (Å²) in [5.74, 6) is 2.31. The minimum absolute atomic E-state index is 0.203. The molecule has 0 fully saturated rings. The average Bonchev–Trinajstić information content (AvgIpc) is 2.39. The Morgan fingerprint density at radius 1 is 1.17 bits per heavy atom. The summed E-state index contributed by atoms with van der Waals surface area (Å²) in [5, 5.41) is 3.30. The predicted molar refractivity (Wildman–Crippen MR) is 73.8 cm³/mol. The summed E-state index contributed by atoms with van der Waals surface area (Å²) in [6.07, 6.45) is 5.26. The van der Waals surface area contributed by atoms with E-state index >= 15 is 0 Å². The second-order valence-corrected chi connectivity index (χ2v) is 4.12. The lowest BCUT2D eigenvalue weighted by Crippen LogP contribution is -2.11. The van der Waals surface area contributed by atoms with Crippen molar-refractivity contribution in [2.24, 2.45) is 0 Å². The molecule has 0 aliphatic rings. The third-order valence-electron chi connectivity index (χ3n) is 2.40. The Kier molecular flexibility index (Phi) is 3.66. The second kappa shape index (κ2) is 5.39. The zero-order valence-electron chi connectivity index (χ0n) is 9.48. The first-order valence-electron chi connectivity index (χ1n) is 5.32. The van der Waals surface area contributed by atoms with Gasteiger partial charge in [0, 0.05) is 21.8 Å². The van der Waals surface area contributed by atoms with E-state index in [0.29, 0.717) is 16.3 Å². The molecule has 0 bridgehead atoms. The molecule has 1 amide bonds. The molecule has 0 saturated heterocycles. The largest absolute Gasteiger partial charge is 0.322 e. The van der Waals surface area contributed by atoms with Gasteiger partial charge in [-0.1, -0.05) is 23.6 Å². The molecule has 0 aliphatic carbocycles. The fraction of sp³-hybridized carbons (Fsp3) is 0. The molecule has 0 heterocycles. The number of hydrogen-bond donors (Lipinski definition) is 1. The number of rotatable bonds is 2. The van der Waals surface area contributed by atoms with Crippen molar-refractivity contribution in [3.05, 3.63) is 64.7 Å². The highest BCUT2D eigenvalue weighted by atomic mass is 35.5. The van der Waals surface area contributed by atoms with Crippen LogP contribution in [0.5, 0.6) is 0 Å². The van der Waals surface area contributed by atoms with Gasteiger partial charge in [0.2, 0.25) is 0 Å². The molecule has 0 aromatic heterocycles. The number of nitrogens with one attached hydrogen (secondary N) is 1. The highest BCUT2D eigenvalue weighted by Crippen LogP contribution is 2.14. The Hall–Kier alpha value is -2.24. The Morgan fingerprint density at radius 2 is 1.89 bits per heavy atom. The second-order valence-electron chi connectivity index (χ2n) is 3.69. The summed E-state index contributed by atoms with van der Waals surface area (Å²) in [5.41, 5.74) is 1.98. The number of terminal acetylenes is 1. The minimum atomic E-state index is -0.203. The van der Waals surface area contributed by atoms with Crippen LogP contribution in [0.15, 0.2) is 48.5 Å². The molecule has 88 valence electrons. The predicted octanol–water partition coefficient (Wildman–Crippen LogP) is 3.57. The standard InChI is InChI=1S/C15H10ClNO/c1-2-11-6-8-14(9-7-11)17-15(18)12-4-3-5-13(16)10-12/h1,3-10H,(H,17,18). The number of carbonyl (C=O) groups excluding carboxylic acids is 1. The molecule has 2 rings (SSSR count). The van der Waals surface area contributed by atoms with Gasteiger partial charge in [0.25, 0.3) is 5.91 Å². The highest BCUT2D eigenvalue weighted by molar-refractivity contribution is 6.31. The maximum atomic E-state index is 11.9. The number of benzene rings is 2. The first-order valence-corrected chi connectivity index (χ1v) is 5.70. The minimum Gasteiger partial charge on any atom is -0.322 e. The van der Waals surface area contributed by atoms with Crippen molar-refractivity contribution in [2.75, 3.05) is 5.32 Å². The summed E-state index contributed by atoms with van der Waals surface area (Å²) in [4.78, 5) is 11.9. The molecule has 1 N–H and O–H groups in total. The fourth-order valence-corrected chi connectivity index (χ4v) is 1.67. The Bertz CT molecular complexity index is 611. The summed E-state index contributed by atoms with van der Waals surface area (Å²) in [7, 11) is 0. The van der Waals surface area contributed by atoms with E-state index < -0.39 is 0 Å². The average molecular weight is 256 g/mol. The number of halogens is 1. The van der Waals surface area contributed by atoms with Crippen molar-refractivity contribution in [3.63, 3.8) is 0 Å². The van der Waals surface area contributed by atoms with Gasteiger partial charge in [-0.25, -0.2) is 0 Å². The zero-order valence-corrected chi connectivity index (χ0v) is 10.2. The highest BCUT2D eigenvalue weighted by Gasteiger charge is 2.05. The molecule has 2 nitrogen and oxygen atoms in total. The van der Waals surface area contributed by atoms with E-state index in [0.717, 1.165) is 5.56 Å². The van der Waals surface area contributed by atoms with Crippen LogP contribution in [0.2, 0.25) is 5.02 Å². The fourth-order valence-electron chi connectivity index (χ4n) is 1.48. The molecular formula is C15H10ClNO. The van der Waals surface area contributed by atoms with Crippen LogP contribution in [0, 0.1) is 12.3 Å². The molecule has 2 aromatic rings. The molecular weight excluding hydrogens is 246 g/mol. The van der Waals surface area contributed by atoms with Crippen LogP contribution < -0.4 is 5.32 Å². The third kappa shape index (κ3) is 2.91. The molecule has 0 unspecified atom stereocenters. The van der Waals surface area contributed by atoms with E-state index in [1.165, 1.54) is 0 Å². The van der Waals surface area contributed by atoms with E-state index in [1.54, 1.807) is 48.5 Å². The van der Waals surface area contributed by atoms with Crippen LogP contribution in [-0.4, -0.2) is 5.91 Å². The summed E-state index contributed by atoms with van der Waals surface area (Å²) >= 11 is 5.83. The van der Waals surface area contributed by atoms with Gasteiger partial charge < -0.3 is 5.32 Å². The molecule has 0 radical (unpaired) electrons. The van der Waals surface area contributed by atoms with Crippen LogP contribution in [0.1, 0.15) is 15.9 Å². The van der Waals surface area contributed by atoms with Crippen LogP contribution >= 0.6 is 11.6 Å². The van der Waals surface area contributed by atoms with Crippen LogP contribution in [0.3, 0.4) is 0 Å². The molecule has 0 spiro atoms. The van der Waals surface area contributed by atoms with Gasteiger partial charge in [-0.3, -0.25) is 4.79 Å². The van der Waals surface area contributed by atoms with E-state index in [4.69, 9.17) is 18.0 Å². The van der Waals surface area contributed by atoms with E-state index in [9.17, 15) is 4.79 Å². The van der Waals surface area contributed by atoms with Gasteiger partial charge in [-0.05, 0) is 42.5 Å². The van der Waals surface area contributed by atoms with E-state index in [2.05, 4.69) is 11.2 Å². The molecule has 0 atom stereocenters. The van der Waals surface area contributed by atoms with Crippen LogP contribution in [0.4, 0.5) is 5.69 Å². The van der Waals surface area contributed by atoms with E-state index in [1.807, 2.05) is 0 Å². The van der Waals surface area contributed by atoms with Gasteiger partial charge in [0.1, 0.15) is 0 Å². The SMILES string of the molecule is C#Cc1ccc(NC(=O)c2cccc(Cl)c2)cc1. The molecule has 0 saturated carbocycles. The monoisotopic (exact) mass is 255 g/mol. The van der Waals surface area contributed by atoms with Gasteiger partial charge in [0.15, 0.2) is 0 Å². The summed E-state index contributed by atoms with van der Waals surface area (Å²) in [6, 6.07) is 13.8. The zero-order chi connectivity index (χ0) is 13.0. The van der Waals surface area contributed by atoms with Gasteiger partial charge >= 0.3 is 0 Å². The number of carbonyl (C=O) groups is 1. The topological polar surface area (TPSA) is 29.1 Å². The van der Waals surface area contributed by atoms with Gasteiger partial charge in [-0.2, -0.15) is 0 Å². The molecule has 0 aliphatic heterocycles. The lowest BCUT2D eigenvalue weighted by Gasteiger charge is -2.05. The first kappa shape index (κ1) is 12.2. The van der Waals surface area contributed by atoms with Gasteiger partial charge in [-0.15, -0.1) is 6.42 Å². The Morgan fingerprint density at radius 3 is 2.50 bits per heavy atom. The van der Waals surface area contributed by atoms with Crippen molar-refractivity contribution < 1.29 is 4.79 Å². The van der Waals surface area contributed by atoms with Crippen LogP contribution in [-0.2, 0) is 0 Å². The first-order chi connectivity index (χ1) is 8.69. The quantitative estimate of drug-likeness (QED) is 0.817. The van der Waals surface area contributed by atoms with Crippen molar-refractivity contribution in [1.29, 1.82) is 0 Å². The lowest BCUT2D eigenvalue weighted by atomic mass is 10.2. The van der Waals surface area contributed by atoms with E-state index in [-0.39, 0.29) is 5.91 Å². The molecule has 3 heteroatoms. The molecule has 2 aromatic carbocycles. The van der Waals surface area contributed by atoms with Crippen molar-refractivity contribution >= 4 is 23.2 Å². The van der Waals surface area contributed by atoms with Crippen molar-refractivity contribution in [3.8, 4) is 12.3 Å². The number of anilines is 1. The third-order valence-corrected chi connectivity index (χ3v) is 2.63. The number of hydrogen-bond acceptors (Lipinski definition) is 1. The lowest BCUT2D eigenvalue weighted by molar-refractivity contribution is 0.102. The van der Waals surface area contributed by atoms with Gasteiger partial charge in [0.05, 0.1) is 0 Å². The maximum absolute atomic E-state index is 11.9.